The van der Waals surface area contributed by atoms with Crippen molar-refractivity contribution in [2.75, 3.05) is 0 Å². The molecule has 4 bridgehead atoms. The third-order valence-electron chi connectivity index (χ3n) is 7.35. The van der Waals surface area contributed by atoms with Crippen LogP contribution in [0.1, 0.15) is 72.6 Å². The van der Waals surface area contributed by atoms with E-state index in [1.807, 2.05) is 20.8 Å². The van der Waals surface area contributed by atoms with Crippen LogP contribution in [0, 0.1) is 35.0 Å². The van der Waals surface area contributed by atoms with Gasteiger partial charge >= 0.3 is 5.97 Å². The average Bonchev–Trinajstić information content (AvgIpc) is 2.51. The van der Waals surface area contributed by atoms with Gasteiger partial charge in [-0.2, -0.15) is 0 Å². The first-order valence-corrected chi connectivity index (χ1v) is 9.49. The Labute approximate surface area is 140 Å². The number of hydrogen-bond donors (Lipinski definition) is 0. The van der Waals surface area contributed by atoms with E-state index in [0.717, 1.165) is 24.5 Å². The minimum absolute atomic E-state index is 0.0799. The molecule has 0 amide bonds. The Hall–Kier alpha value is -0.860. The van der Waals surface area contributed by atoms with Crippen molar-refractivity contribution in [3.05, 3.63) is 0 Å². The zero-order valence-electron chi connectivity index (χ0n) is 15.1. The maximum atomic E-state index is 13.0. The van der Waals surface area contributed by atoms with E-state index in [0.29, 0.717) is 18.3 Å². The maximum absolute atomic E-state index is 13.0. The Balaban J connectivity index is 1.74. The second-order valence-electron chi connectivity index (χ2n) is 9.11. The lowest BCUT2D eigenvalue weighted by atomic mass is 9.50. The smallest absolute Gasteiger partial charge is 0.312 e. The van der Waals surface area contributed by atoms with E-state index in [1.165, 1.54) is 32.1 Å². The van der Waals surface area contributed by atoms with Gasteiger partial charge in [0.2, 0.25) is 0 Å². The summed E-state index contributed by atoms with van der Waals surface area (Å²) >= 11 is 0. The van der Waals surface area contributed by atoms with Crippen molar-refractivity contribution < 1.29 is 14.3 Å². The van der Waals surface area contributed by atoms with Crippen molar-refractivity contribution in [1.82, 2.24) is 0 Å². The predicted molar refractivity (Wildman–Crippen MR) is 89.8 cm³/mol. The van der Waals surface area contributed by atoms with Crippen LogP contribution >= 0.6 is 0 Å². The number of carbonyl (C=O) groups excluding carboxylic acids is 2. The van der Waals surface area contributed by atoms with Gasteiger partial charge in [-0.3, -0.25) is 4.79 Å². The van der Waals surface area contributed by atoms with Crippen molar-refractivity contribution in [2.45, 2.75) is 78.2 Å². The van der Waals surface area contributed by atoms with E-state index in [-0.39, 0.29) is 17.5 Å². The second-order valence-corrected chi connectivity index (χ2v) is 9.11. The standard InChI is InChI=1S/C20H32O3/c1-5-19(3,11-13(2)12-21)18(22)23-20(4)16-7-14-6-15(9-16)10-17(20)8-14/h12-17H,5-11H2,1-4H3. The SMILES string of the molecule is CCC(C)(CC(C)C=O)C(=O)OC1(C)C2CC3CC(C2)CC1C3. The summed E-state index contributed by atoms with van der Waals surface area (Å²) in [5, 5.41) is 0. The summed E-state index contributed by atoms with van der Waals surface area (Å²) in [6, 6.07) is 0. The zero-order valence-corrected chi connectivity index (χ0v) is 15.1. The molecule has 3 heteroatoms. The van der Waals surface area contributed by atoms with E-state index in [2.05, 4.69) is 6.92 Å². The zero-order chi connectivity index (χ0) is 16.8. The van der Waals surface area contributed by atoms with Crippen LogP contribution in [0.15, 0.2) is 0 Å². The molecule has 4 saturated carbocycles. The lowest BCUT2D eigenvalue weighted by Gasteiger charge is -2.59. The minimum atomic E-state index is -0.544. The number of rotatable bonds is 6. The molecular weight excluding hydrogens is 288 g/mol. The highest BCUT2D eigenvalue weighted by Gasteiger charge is 2.57. The summed E-state index contributed by atoms with van der Waals surface area (Å²) in [5.74, 6) is 2.66. The average molecular weight is 320 g/mol. The fourth-order valence-corrected chi connectivity index (χ4v) is 5.74. The monoisotopic (exact) mass is 320 g/mol. The molecule has 0 saturated heterocycles. The van der Waals surface area contributed by atoms with E-state index in [9.17, 15) is 9.59 Å². The van der Waals surface area contributed by atoms with E-state index in [1.54, 1.807) is 0 Å². The first kappa shape index (κ1) is 17.0. The topological polar surface area (TPSA) is 43.4 Å². The molecule has 0 aliphatic heterocycles. The Morgan fingerprint density at radius 2 is 1.74 bits per heavy atom. The summed E-state index contributed by atoms with van der Waals surface area (Å²) in [6.45, 7) is 8.07. The molecule has 3 nitrogen and oxygen atoms in total. The number of hydrogen-bond acceptors (Lipinski definition) is 3. The molecule has 4 aliphatic rings. The van der Waals surface area contributed by atoms with Crippen molar-refractivity contribution in [3.8, 4) is 0 Å². The normalized spacial score (nSPS) is 42.1. The molecule has 2 unspecified atom stereocenters. The number of esters is 1. The molecule has 0 aromatic rings. The van der Waals surface area contributed by atoms with Crippen molar-refractivity contribution in [2.24, 2.45) is 35.0 Å². The third-order valence-corrected chi connectivity index (χ3v) is 7.35. The molecule has 0 heterocycles. The lowest BCUT2D eigenvalue weighted by molar-refractivity contribution is -0.212. The van der Waals surface area contributed by atoms with Gasteiger partial charge in [0, 0.05) is 5.92 Å². The number of ether oxygens (including phenoxy) is 1. The summed E-state index contributed by atoms with van der Waals surface area (Å²) in [4.78, 5) is 24.0. The molecule has 23 heavy (non-hydrogen) atoms. The molecule has 130 valence electrons. The Kier molecular flexibility index (Phi) is 4.35. The highest BCUT2D eigenvalue weighted by molar-refractivity contribution is 5.77. The Bertz CT molecular complexity index is 455. The van der Waals surface area contributed by atoms with Gasteiger partial charge in [0.1, 0.15) is 11.9 Å². The molecule has 0 spiro atoms. The summed E-state index contributed by atoms with van der Waals surface area (Å²) in [6.07, 6.45) is 8.62. The summed E-state index contributed by atoms with van der Waals surface area (Å²) in [5.41, 5.74) is -0.816. The lowest BCUT2D eigenvalue weighted by Crippen LogP contribution is -2.59. The Morgan fingerprint density at radius 1 is 1.22 bits per heavy atom. The quantitative estimate of drug-likeness (QED) is 0.538. The molecule has 0 aromatic heterocycles. The molecule has 0 N–H and O–H groups in total. The molecule has 4 aliphatic carbocycles. The van der Waals surface area contributed by atoms with Gasteiger partial charge < -0.3 is 9.53 Å². The first-order valence-electron chi connectivity index (χ1n) is 9.49. The molecule has 4 rings (SSSR count). The molecule has 2 atom stereocenters. The van der Waals surface area contributed by atoms with Gasteiger partial charge in [-0.05, 0) is 82.5 Å². The van der Waals surface area contributed by atoms with Gasteiger partial charge in [0.15, 0.2) is 0 Å². The van der Waals surface area contributed by atoms with Crippen LogP contribution in [-0.4, -0.2) is 17.9 Å². The van der Waals surface area contributed by atoms with Crippen LogP contribution in [0.2, 0.25) is 0 Å². The minimum Gasteiger partial charge on any atom is -0.458 e. The fourth-order valence-electron chi connectivity index (χ4n) is 5.74. The maximum Gasteiger partial charge on any atom is 0.312 e. The predicted octanol–water partition coefficient (Wildman–Crippen LogP) is 4.39. The van der Waals surface area contributed by atoms with Crippen molar-refractivity contribution >= 4 is 12.3 Å². The highest BCUT2D eigenvalue weighted by atomic mass is 16.6. The van der Waals surface area contributed by atoms with E-state index < -0.39 is 5.41 Å². The van der Waals surface area contributed by atoms with Crippen LogP contribution in [0.25, 0.3) is 0 Å². The van der Waals surface area contributed by atoms with Gasteiger partial charge in [-0.15, -0.1) is 0 Å². The van der Waals surface area contributed by atoms with Gasteiger partial charge in [0.25, 0.3) is 0 Å². The largest absolute Gasteiger partial charge is 0.458 e. The second kappa shape index (κ2) is 5.89. The molecule has 0 aromatic carbocycles. The van der Waals surface area contributed by atoms with Crippen molar-refractivity contribution in [1.29, 1.82) is 0 Å². The number of carbonyl (C=O) groups is 2. The fraction of sp³-hybridized carbons (Fsp3) is 0.900. The molecule has 0 radical (unpaired) electrons. The van der Waals surface area contributed by atoms with Crippen LogP contribution in [0.4, 0.5) is 0 Å². The van der Waals surface area contributed by atoms with Crippen LogP contribution in [0.5, 0.6) is 0 Å². The van der Waals surface area contributed by atoms with E-state index in [4.69, 9.17) is 4.74 Å². The van der Waals surface area contributed by atoms with Crippen LogP contribution in [-0.2, 0) is 14.3 Å². The van der Waals surface area contributed by atoms with Crippen LogP contribution < -0.4 is 0 Å². The highest BCUT2D eigenvalue weighted by Crippen LogP contribution is 2.59. The third kappa shape index (κ3) is 2.85. The van der Waals surface area contributed by atoms with Gasteiger partial charge in [0.05, 0.1) is 5.41 Å². The van der Waals surface area contributed by atoms with Gasteiger partial charge in [-0.1, -0.05) is 13.8 Å². The Morgan fingerprint density at radius 3 is 2.17 bits per heavy atom. The van der Waals surface area contributed by atoms with E-state index >= 15 is 0 Å². The van der Waals surface area contributed by atoms with Crippen LogP contribution in [0.3, 0.4) is 0 Å². The molecular formula is C20H32O3. The summed E-state index contributed by atoms with van der Waals surface area (Å²) < 4.78 is 6.26. The first-order chi connectivity index (χ1) is 10.8. The van der Waals surface area contributed by atoms with Crippen molar-refractivity contribution in [3.63, 3.8) is 0 Å². The van der Waals surface area contributed by atoms with Gasteiger partial charge in [-0.25, -0.2) is 0 Å². The summed E-state index contributed by atoms with van der Waals surface area (Å²) in [7, 11) is 0. The molecule has 4 fully saturated rings. The number of aldehydes is 1.